The third-order valence-electron chi connectivity index (χ3n) is 4.69. The lowest BCUT2D eigenvalue weighted by Gasteiger charge is -2.10. The molecule has 0 aliphatic carbocycles. The standard InChI is InChI=1S/C21H14N4O/c26-20-12-18-16(6-10-24-21(18)25-20)14-1-2-19-17(11-14)15(5-9-23-19)13-3-7-22-8-4-13/h1-11H,12H2,(H,24,25,26). The first-order valence-corrected chi connectivity index (χ1v) is 8.37. The number of hydrogen-bond donors (Lipinski definition) is 1. The minimum absolute atomic E-state index is 0.0140. The topological polar surface area (TPSA) is 67.8 Å². The third-order valence-corrected chi connectivity index (χ3v) is 4.69. The molecule has 0 saturated heterocycles. The maximum absolute atomic E-state index is 11.8. The second-order valence-electron chi connectivity index (χ2n) is 6.24. The van der Waals surface area contributed by atoms with E-state index in [9.17, 15) is 4.79 Å². The molecular formula is C21H14N4O. The Kier molecular flexibility index (Phi) is 3.25. The van der Waals surface area contributed by atoms with Crippen LogP contribution in [0.2, 0.25) is 0 Å². The lowest BCUT2D eigenvalue weighted by atomic mass is 9.95. The molecule has 1 aromatic carbocycles. The molecule has 5 heteroatoms. The monoisotopic (exact) mass is 338 g/mol. The summed E-state index contributed by atoms with van der Waals surface area (Å²) in [7, 11) is 0. The largest absolute Gasteiger partial charge is 0.310 e. The zero-order valence-electron chi connectivity index (χ0n) is 13.8. The van der Waals surface area contributed by atoms with Gasteiger partial charge in [0.15, 0.2) is 0 Å². The van der Waals surface area contributed by atoms with E-state index < -0.39 is 0 Å². The highest BCUT2D eigenvalue weighted by molar-refractivity contribution is 6.02. The summed E-state index contributed by atoms with van der Waals surface area (Å²) in [5.41, 5.74) is 6.17. The molecule has 0 fully saturated rings. The van der Waals surface area contributed by atoms with E-state index in [0.717, 1.165) is 38.7 Å². The molecule has 124 valence electrons. The van der Waals surface area contributed by atoms with Gasteiger partial charge in [-0.1, -0.05) is 6.07 Å². The van der Waals surface area contributed by atoms with Crippen molar-refractivity contribution in [1.82, 2.24) is 15.0 Å². The predicted octanol–water partition coefficient (Wildman–Crippen LogP) is 3.85. The fourth-order valence-corrected chi connectivity index (χ4v) is 3.48. The average Bonchev–Trinajstić information content (AvgIpc) is 3.08. The number of benzene rings is 1. The maximum Gasteiger partial charge on any atom is 0.230 e. The number of nitrogens with zero attached hydrogens (tertiary/aromatic N) is 3. The van der Waals surface area contributed by atoms with Gasteiger partial charge < -0.3 is 5.32 Å². The smallest absolute Gasteiger partial charge is 0.230 e. The number of carbonyl (C=O) groups is 1. The number of hydrogen-bond acceptors (Lipinski definition) is 4. The molecule has 1 aliphatic rings. The van der Waals surface area contributed by atoms with Crippen molar-refractivity contribution in [3.8, 4) is 22.3 Å². The van der Waals surface area contributed by atoms with E-state index in [4.69, 9.17) is 0 Å². The highest BCUT2D eigenvalue weighted by atomic mass is 16.1. The van der Waals surface area contributed by atoms with Gasteiger partial charge >= 0.3 is 0 Å². The lowest BCUT2D eigenvalue weighted by Crippen LogP contribution is -2.04. The Bertz CT molecular complexity index is 1160. The number of nitrogens with one attached hydrogen (secondary N) is 1. The zero-order valence-corrected chi connectivity index (χ0v) is 13.8. The minimum atomic E-state index is -0.0140. The Labute approximate surface area is 149 Å². The molecule has 5 nitrogen and oxygen atoms in total. The van der Waals surface area contributed by atoms with Crippen molar-refractivity contribution >= 4 is 22.6 Å². The van der Waals surface area contributed by atoms with Gasteiger partial charge in [-0.15, -0.1) is 0 Å². The van der Waals surface area contributed by atoms with Crippen LogP contribution in [0, 0.1) is 0 Å². The first-order chi connectivity index (χ1) is 12.8. The quantitative estimate of drug-likeness (QED) is 0.603. The van der Waals surface area contributed by atoms with Gasteiger partial charge in [0.05, 0.1) is 11.9 Å². The Morgan fingerprint density at radius 2 is 1.62 bits per heavy atom. The van der Waals surface area contributed by atoms with E-state index in [-0.39, 0.29) is 5.91 Å². The maximum atomic E-state index is 11.8. The number of carbonyl (C=O) groups excluding carboxylic acids is 1. The van der Waals surface area contributed by atoms with Gasteiger partial charge in [0.2, 0.25) is 5.91 Å². The van der Waals surface area contributed by atoms with Crippen molar-refractivity contribution in [3.63, 3.8) is 0 Å². The van der Waals surface area contributed by atoms with Crippen LogP contribution < -0.4 is 5.32 Å². The average molecular weight is 338 g/mol. The zero-order chi connectivity index (χ0) is 17.5. The SMILES string of the molecule is O=C1Cc2c(-c3ccc4nccc(-c5ccncc5)c4c3)ccnc2N1. The first kappa shape index (κ1) is 14.7. The van der Waals surface area contributed by atoms with Crippen LogP contribution in [0.5, 0.6) is 0 Å². The fourth-order valence-electron chi connectivity index (χ4n) is 3.48. The number of amides is 1. The number of pyridine rings is 3. The molecule has 3 aromatic heterocycles. The fraction of sp³-hybridized carbons (Fsp3) is 0.0476. The van der Waals surface area contributed by atoms with E-state index in [2.05, 4.69) is 26.3 Å². The number of aromatic nitrogens is 3. The van der Waals surface area contributed by atoms with Crippen LogP contribution >= 0.6 is 0 Å². The number of fused-ring (bicyclic) bond motifs is 2. The van der Waals surface area contributed by atoms with E-state index >= 15 is 0 Å². The van der Waals surface area contributed by atoms with Crippen LogP contribution in [0.1, 0.15) is 5.56 Å². The number of rotatable bonds is 2. The van der Waals surface area contributed by atoms with Crippen LogP contribution in [0.15, 0.2) is 67.3 Å². The van der Waals surface area contributed by atoms with Crippen LogP contribution in [-0.2, 0) is 11.2 Å². The molecule has 1 aliphatic heterocycles. The van der Waals surface area contributed by atoms with Crippen molar-refractivity contribution in [2.75, 3.05) is 5.32 Å². The summed E-state index contributed by atoms with van der Waals surface area (Å²) >= 11 is 0. The van der Waals surface area contributed by atoms with Gasteiger partial charge in [0, 0.05) is 35.7 Å². The lowest BCUT2D eigenvalue weighted by molar-refractivity contribution is -0.115. The highest BCUT2D eigenvalue weighted by Crippen LogP contribution is 2.35. The molecule has 4 heterocycles. The minimum Gasteiger partial charge on any atom is -0.310 e. The predicted molar refractivity (Wildman–Crippen MR) is 101 cm³/mol. The van der Waals surface area contributed by atoms with Crippen molar-refractivity contribution < 1.29 is 4.79 Å². The van der Waals surface area contributed by atoms with Gasteiger partial charge in [0.1, 0.15) is 5.82 Å². The van der Waals surface area contributed by atoms with Gasteiger partial charge in [0.25, 0.3) is 0 Å². The molecule has 4 aromatic rings. The third kappa shape index (κ3) is 2.33. The molecule has 26 heavy (non-hydrogen) atoms. The van der Waals surface area contributed by atoms with Crippen molar-refractivity contribution in [2.45, 2.75) is 6.42 Å². The first-order valence-electron chi connectivity index (χ1n) is 8.37. The van der Waals surface area contributed by atoms with Crippen molar-refractivity contribution in [1.29, 1.82) is 0 Å². The Hall–Kier alpha value is -3.60. The summed E-state index contributed by atoms with van der Waals surface area (Å²) in [4.78, 5) is 24.6. The van der Waals surface area contributed by atoms with Crippen LogP contribution in [-0.4, -0.2) is 20.9 Å². The van der Waals surface area contributed by atoms with Gasteiger partial charge in [-0.05, 0) is 58.7 Å². The summed E-state index contributed by atoms with van der Waals surface area (Å²) in [6, 6.07) is 14.2. The normalized spacial score (nSPS) is 12.8. The Balaban J connectivity index is 1.73. The molecule has 5 rings (SSSR count). The Morgan fingerprint density at radius 1 is 0.808 bits per heavy atom. The van der Waals surface area contributed by atoms with Crippen LogP contribution in [0.4, 0.5) is 5.82 Å². The molecule has 0 atom stereocenters. The second-order valence-corrected chi connectivity index (χ2v) is 6.24. The number of anilines is 1. The molecule has 0 radical (unpaired) electrons. The molecule has 0 unspecified atom stereocenters. The second kappa shape index (κ2) is 5.74. The van der Waals surface area contributed by atoms with Crippen molar-refractivity contribution in [3.05, 3.63) is 72.8 Å². The van der Waals surface area contributed by atoms with Crippen LogP contribution in [0.25, 0.3) is 33.2 Å². The van der Waals surface area contributed by atoms with Gasteiger partial charge in [-0.2, -0.15) is 0 Å². The summed E-state index contributed by atoms with van der Waals surface area (Å²) < 4.78 is 0. The Morgan fingerprint density at radius 3 is 2.50 bits per heavy atom. The van der Waals surface area contributed by atoms with Crippen molar-refractivity contribution in [2.24, 2.45) is 0 Å². The van der Waals surface area contributed by atoms with E-state index in [1.165, 1.54) is 0 Å². The molecule has 0 bridgehead atoms. The molecule has 0 spiro atoms. The summed E-state index contributed by atoms with van der Waals surface area (Å²) in [6.45, 7) is 0. The molecule has 1 amide bonds. The van der Waals surface area contributed by atoms with Crippen LogP contribution in [0.3, 0.4) is 0 Å². The molecular weight excluding hydrogens is 324 g/mol. The molecule has 0 saturated carbocycles. The summed E-state index contributed by atoms with van der Waals surface area (Å²) in [5, 5.41) is 3.88. The molecule has 1 N–H and O–H groups in total. The summed E-state index contributed by atoms with van der Waals surface area (Å²) in [6.07, 6.45) is 7.50. The van der Waals surface area contributed by atoms with E-state index in [1.54, 1.807) is 18.6 Å². The van der Waals surface area contributed by atoms with Gasteiger partial charge in [-0.3, -0.25) is 14.8 Å². The highest BCUT2D eigenvalue weighted by Gasteiger charge is 2.22. The van der Waals surface area contributed by atoms with E-state index in [0.29, 0.717) is 12.2 Å². The van der Waals surface area contributed by atoms with E-state index in [1.807, 2.05) is 42.6 Å². The van der Waals surface area contributed by atoms with Gasteiger partial charge in [-0.25, -0.2) is 4.98 Å². The summed E-state index contributed by atoms with van der Waals surface area (Å²) in [5.74, 6) is 0.646.